The third-order valence-electron chi connectivity index (χ3n) is 3.41. The average Bonchev–Trinajstić information content (AvgIpc) is 2.58. The van der Waals surface area contributed by atoms with Crippen molar-refractivity contribution >= 4 is 0 Å². The Hall–Kier alpha value is -0.890. The second-order valence-electron chi connectivity index (χ2n) is 4.53. The largest absolute Gasteiger partial charge is 0.393 e. The summed E-state index contributed by atoms with van der Waals surface area (Å²) in [5.41, 5.74) is 2.16. The monoisotopic (exact) mass is 208 g/mol. The van der Waals surface area contributed by atoms with E-state index in [0.717, 1.165) is 36.8 Å². The van der Waals surface area contributed by atoms with Crippen LogP contribution >= 0.6 is 0 Å². The lowest BCUT2D eigenvalue weighted by Crippen LogP contribution is -2.16. The van der Waals surface area contributed by atoms with E-state index in [9.17, 15) is 9.50 Å². The Morgan fingerprint density at radius 3 is 2.87 bits per heavy atom. The first kappa shape index (κ1) is 10.6. The molecule has 0 saturated heterocycles. The highest BCUT2D eigenvalue weighted by Crippen LogP contribution is 2.29. The van der Waals surface area contributed by atoms with Crippen LogP contribution in [0.2, 0.25) is 0 Å². The number of rotatable bonds is 2. The fraction of sp³-hybridized carbons (Fsp3) is 0.538. The van der Waals surface area contributed by atoms with E-state index in [2.05, 4.69) is 0 Å². The lowest BCUT2D eigenvalue weighted by atomic mass is 9.93. The highest BCUT2D eigenvalue weighted by Gasteiger charge is 2.25. The van der Waals surface area contributed by atoms with Crippen LogP contribution < -0.4 is 0 Å². The van der Waals surface area contributed by atoms with Crippen molar-refractivity contribution in [2.24, 2.45) is 5.92 Å². The molecule has 1 aliphatic carbocycles. The van der Waals surface area contributed by atoms with Crippen LogP contribution in [0.15, 0.2) is 18.2 Å². The predicted molar refractivity (Wildman–Crippen MR) is 58.2 cm³/mol. The summed E-state index contributed by atoms with van der Waals surface area (Å²) in [7, 11) is 0. The van der Waals surface area contributed by atoms with Crippen LogP contribution in [0.25, 0.3) is 0 Å². The molecule has 1 nitrogen and oxygen atoms in total. The van der Waals surface area contributed by atoms with Crippen LogP contribution in [0.5, 0.6) is 0 Å². The molecule has 82 valence electrons. The highest BCUT2D eigenvalue weighted by atomic mass is 19.1. The molecule has 0 aromatic heterocycles. The first-order valence-electron chi connectivity index (χ1n) is 5.60. The van der Waals surface area contributed by atoms with Crippen LogP contribution in [-0.4, -0.2) is 11.2 Å². The van der Waals surface area contributed by atoms with E-state index < -0.39 is 0 Å². The third kappa shape index (κ3) is 2.37. The first-order valence-corrected chi connectivity index (χ1v) is 5.60. The average molecular weight is 208 g/mol. The van der Waals surface area contributed by atoms with Gasteiger partial charge in [-0.15, -0.1) is 0 Å². The summed E-state index contributed by atoms with van der Waals surface area (Å²) in [6.07, 6.45) is 3.69. The Labute approximate surface area is 89.9 Å². The van der Waals surface area contributed by atoms with E-state index in [1.54, 1.807) is 6.07 Å². The number of halogens is 1. The molecule has 2 atom stereocenters. The lowest BCUT2D eigenvalue weighted by molar-refractivity contribution is 0.132. The second-order valence-corrected chi connectivity index (χ2v) is 4.53. The number of aliphatic hydroxyl groups excluding tert-OH is 1. The molecule has 1 N–H and O–H groups in total. The quantitative estimate of drug-likeness (QED) is 0.792. The summed E-state index contributed by atoms with van der Waals surface area (Å²) in [5, 5.41) is 9.72. The van der Waals surface area contributed by atoms with Crippen LogP contribution in [-0.2, 0) is 6.42 Å². The van der Waals surface area contributed by atoms with Gasteiger partial charge in [-0.05, 0) is 55.4 Å². The molecule has 0 amide bonds. The van der Waals surface area contributed by atoms with Crippen LogP contribution in [0.3, 0.4) is 0 Å². The maximum atomic E-state index is 13.1. The molecule has 0 heterocycles. The van der Waals surface area contributed by atoms with Gasteiger partial charge in [-0.25, -0.2) is 4.39 Å². The molecule has 0 radical (unpaired) electrons. The van der Waals surface area contributed by atoms with Gasteiger partial charge in [-0.2, -0.15) is 0 Å². The molecule has 15 heavy (non-hydrogen) atoms. The number of hydrogen-bond donors (Lipinski definition) is 1. The normalized spacial score (nSPS) is 25.8. The van der Waals surface area contributed by atoms with Crippen molar-refractivity contribution in [2.75, 3.05) is 0 Å². The van der Waals surface area contributed by atoms with Gasteiger partial charge in [0.1, 0.15) is 5.82 Å². The van der Waals surface area contributed by atoms with Crippen molar-refractivity contribution in [2.45, 2.75) is 38.7 Å². The zero-order valence-electron chi connectivity index (χ0n) is 9.04. The van der Waals surface area contributed by atoms with Gasteiger partial charge in [-0.1, -0.05) is 12.5 Å². The minimum atomic E-state index is -0.187. The van der Waals surface area contributed by atoms with E-state index >= 15 is 0 Å². The highest BCUT2D eigenvalue weighted by molar-refractivity contribution is 5.27. The fourth-order valence-corrected chi connectivity index (χ4v) is 2.40. The van der Waals surface area contributed by atoms with Gasteiger partial charge >= 0.3 is 0 Å². The Morgan fingerprint density at radius 2 is 2.20 bits per heavy atom. The van der Waals surface area contributed by atoms with Gasteiger partial charge < -0.3 is 5.11 Å². The molecule has 0 bridgehead atoms. The summed E-state index contributed by atoms with van der Waals surface area (Å²) in [6.45, 7) is 2.00. The molecular formula is C13H17FO. The maximum Gasteiger partial charge on any atom is 0.123 e. The number of hydrogen-bond acceptors (Lipinski definition) is 1. The van der Waals surface area contributed by atoms with Crippen LogP contribution in [0.1, 0.15) is 30.4 Å². The maximum absolute atomic E-state index is 13.1. The molecule has 2 unspecified atom stereocenters. The molecule has 1 fully saturated rings. The van der Waals surface area contributed by atoms with E-state index in [1.165, 1.54) is 6.07 Å². The lowest BCUT2D eigenvalue weighted by Gasteiger charge is -2.15. The molecule has 2 heteroatoms. The summed E-state index contributed by atoms with van der Waals surface area (Å²) < 4.78 is 13.1. The van der Waals surface area contributed by atoms with Crippen molar-refractivity contribution in [1.82, 2.24) is 0 Å². The van der Waals surface area contributed by atoms with Gasteiger partial charge in [0.25, 0.3) is 0 Å². The SMILES string of the molecule is Cc1ccc(F)cc1CC1CCCC1O. The molecular weight excluding hydrogens is 191 g/mol. The van der Waals surface area contributed by atoms with Gasteiger partial charge in [-0.3, -0.25) is 0 Å². The molecule has 0 spiro atoms. The minimum Gasteiger partial charge on any atom is -0.393 e. The van der Waals surface area contributed by atoms with Gasteiger partial charge in [0.2, 0.25) is 0 Å². The molecule has 1 aromatic carbocycles. The predicted octanol–water partition coefficient (Wildman–Crippen LogP) is 2.84. The van der Waals surface area contributed by atoms with E-state index in [1.807, 2.05) is 13.0 Å². The van der Waals surface area contributed by atoms with Crippen molar-refractivity contribution < 1.29 is 9.50 Å². The van der Waals surface area contributed by atoms with Gasteiger partial charge in [0, 0.05) is 0 Å². The van der Waals surface area contributed by atoms with Crippen molar-refractivity contribution in [3.05, 3.63) is 35.1 Å². The van der Waals surface area contributed by atoms with Crippen molar-refractivity contribution in [3.8, 4) is 0 Å². The third-order valence-corrected chi connectivity index (χ3v) is 3.41. The molecule has 1 aliphatic rings. The standard InChI is InChI=1S/C13H17FO/c1-9-5-6-12(14)8-11(9)7-10-3-2-4-13(10)15/h5-6,8,10,13,15H,2-4,7H2,1H3. The number of aryl methyl sites for hydroxylation is 1. The number of benzene rings is 1. The van der Waals surface area contributed by atoms with Crippen LogP contribution in [0, 0.1) is 18.7 Å². The van der Waals surface area contributed by atoms with E-state index in [-0.39, 0.29) is 11.9 Å². The molecule has 1 aromatic rings. The zero-order valence-corrected chi connectivity index (χ0v) is 9.04. The molecule has 0 aliphatic heterocycles. The van der Waals surface area contributed by atoms with Gasteiger partial charge in [0.05, 0.1) is 6.10 Å². The van der Waals surface area contributed by atoms with E-state index in [0.29, 0.717) is 5.92 Å². The summed E-state index contributed by atoms with van der Waals surface area (Å²) in [6, 6.07) is 4.90. The summed E-state index contributed by atoms with van der Waals surface area (Å²) in [5.74, 6) is 0.147. The Bertz CT molecular complexity index is 348. The first-order chi connectivity index (χ1) is 7.16. The van der Waals surface area contributed by atoms with Crippen molar-refractivity contribution in [1.29, 1.82) is 0 Å². The van der Waals surface area contributed by atoms with E-state index in [4.69, 9.17) is 0 Å². The molecule has 1 saturated carbocycles. The minimum absolute atomic E-state index is 0.178. The Balaban J connectivity index is 2.12. The smallest absolute Gasteiger partial charge is 0.123 e. The summed E-state index contributed by atoms with van der Waals surface area (Å²) in [4.78, 5) is 0. The Kier molecular flexibility index (Phi) is 3.06. The van der Waals surface area contributed by atoms with Crippen LogP contribution in [0.4, 0.5) is 4.39 Å². The zero-order chi connectivity index (χ0) is 10.8. The molecule has 2 rings (SSSR count). The fourth-order valence-electron chi connectivity index (χ4n) is 2.40. The summed E-state index contributed by atoms with van der Waals surface area (Å²) >= 11 is 0. The van der Waals surface area contributed by atoms with Gasteiger partial charge in [0.15, 0.2) is 0 Å². The second kappa shape index (κ2) is 4.31. The number of aliphatic hydroxyl groups is 1. The Morgan fingerprint density at radius 1 is 1.40 bits per heavy atom. The van der Waals surface area contributed by atoms with Crippen molar-refractivity contribution in [3.63, 3.8) is 0 Å². The topological polar surface area (TPSA) is 20.2 Å².